The minimum Gasteiger partial charge on any atom is -0.480 e. The maximum atomic E-state index is 12.4. The maximum absolute atomic E-state index is 12.4. The summed E-state index contributed by atoms with van der Waals surface area (Å²) in [5, 5.41) is 8.66. The molecule has 8 heteroatoms. The van der Waals surface area contributed by atoms with Crippen molar-refractivity contribution in [3.05, 3.63) is 11.8 Å². The first kappa shape index (κ1) is 17.5. The third kappa shape index (κ3) is 6.16. The lowest BCUT2D eigenvalue weighted by Gasteiger charge is -2.27. The highest BCUT2D eigenvalue weighted by atomic mass is 19.4. The van der Waals surface area contributed by atoms with Crippen LogP contribution < -0.4 is 0 Å². The highest BCUT2D eigenvalue weighted by Crippen LogP contribution is 2.22. The van der Waals surface area contributed by atoms with Gasteiger partial charge in [-0.3, -0.25) is 14.5 Å². The van der Waals surface area contributed by atoms with Crippen LogP contribution in [-0.2, 0) is 9.59 Å². The van der Waals surface area contributed by atoms with E-state index in [1.165, 1.54) is 4.90 Å². The summed E-state index contributed by atoms with van der Waals surface area (Å²) in [4.78, 5) is 24.8. The van der Waals surface area contributed by atoms with Gasteiger partial charge in [-0.1, -0.05) is 6.08 Å². The van der Waals surface area contributed by atoms with Gasteiger partial charge in [0.05, 0.1) is 19.6 Å². The van der Waals surface area contributed by atoms with E-state index in [0.29, 0.717) is 11.4 Å². The van der Waals surface area contributed by atoms with E-state index in [1.807, 2.05) is 6.08 Å². The normalized spacial score (nSPS) is 15.2. The molecule has 1 aliphatic rings. The molecule has 0 radical (unpaired) electrons. The van der Waals surface area contributed by atoms with E-state index in [1.54, 1.807) is 6.92 Å². The predicted molar refractivity (Wildman–Crippen MR) is 69.5 cm³/mol. The number of carboxylic acid groups (broad SMARTS) is 1. The van der Waals surface area contributed by atoms with Gasteiger partial charge in [-0.05, 0) is 26.2 Å². The number of rotatable bonds is 7. The Morgan fingerprint density at radius 2 is 2.00 bits per heavy atom. The number of alkyl halides is 3. The fourth-order valence-electron chi connectivity index (χ4n) is 2.33. The summed E-state index contributed by atoms with van der Waals surface area (Å²) in [7, 11) is 0. The van der Waals surface area contributed by atoms with Crippen LogP contribution in [0.1, 0.15) is 26.2 Å². The summed E-state index contributed by atoms with van der Waals surface area (Å²) >= 11 is 0. The van der Waals surface area contributed by atoms with Crippen LogP contribution in [0.3, 0.4) is 0 Å². The topological polar surface area (TPSA) is 60.9 Å². The highest BCUT2D eigenvalue weighted by Gasteiger charge is 2.33. The van der Waals surface area contributed by atoms with Crippen molar-refractivity contribution in [3.63, 3.8) is 0 Å². The number of aliphatic carboxylic acids is 1. The zero-order valence-electron chi connectivity index (χ0n) is 11.8. The average molecular weight is 308 g/mol. The van der Waals surface area contributed by atoms with Crippen LogP contribution in [0.15, 0.2) is 11.8 Å². The number of amides is 1. The van der Waals surface area contributed by atoms with Crippen molar-refractivity contribution in [1.82, 2.24) is 9.80 Å². The van der Waals surface area contributed by atoms with E-state index < -0.39 is 37.7 Å². The molecule has 0 saturated heterocycles. The summed E-state index contributed by atoms with van der Waals surface area (Å²) < 4.78 is 37.3. The lowest BCUT2D eigenvalue weighted by Crippen LogP contribution is -2.45. The molecule has 0 aromatic heterocycles. The van der Waals surface area contributed by atoms with Gasteiger partial charge in [0.2, 0.25) is 5.91 Å². The van der Waals surface area contributed by atoms with Gasteiger partial charge in [-0.2, -0.15) is 13.2 Å². The van der Waals surface area contributed by atoms with Crippen molar-refractivity contribution in [2.75, 3.05) is 26.2 Å². The molecule has 0 fully saturated rings. The molecular formula is C13H19F3N2O3. The highest BCUT2D eigenvalue weighted by molar-refractivity contribution is 5.81. The number of hydrogen-bond donors (Lipinski definition) is 1. The van der Waals surface area contributed by atoms with Gasteiger partial charge in [0.15, 0.2) is 0 Å². The molecule has 5 nitrogen and oxygen atoms in total. The molecule has 0 unspecified atom stereocenters. The zero-order chi connectivity index (χ0) is 16.0. The molecule has 0 bridgehead atoms. The Morgan fingerprint density at radius 3 is 2.43 bits per heavy atom. The second-order valence-corrected chi connectivity index (χ2v) is 4.88. The van der Waals surface area contributed by atoms with Crippen LogP contribution in [0.5, 0.6) is 0 Å². The predicted octanol–water partition coefficient (Wildman–Crippen LogP) is 1.85. The van der Waals surface area contributed by atoms with Crippen LogP contribution in [0.4, 0.5) is 13.2 Å². The average Bonchev–Trinajstić information content (AvgIpc) is 2.79. The molecule has 0 spiro atoms. The zero-order valence-corrected chi connectivity index (χ0v) is 11.8. The standard InChI is InChI=1S/C13H19F3N2O3/c1-2-18(10-5-3-4-6-10)11(19)7-17(8-12(20)21)9-13(14,15)16/h5H,2-4,6-9H2,1H3,(H,20,21). The van der Waals surface area contributed by atoms with Crippen molar-refractivity contribution >= 4 is 11.9 Å². The van der Waals surface area contributed by atoms with E-state index in [9.17, 15) is 22.8 Å². The number of hydrogen-bond acceptors (Lipinski definition) is 3. The number of allylic oxidation sites excluding steroid dienone is 2. The van der Waals surface area contributed by atoms with E-state index >= 15 is 0 Å². The van der Waals surface area contributed by atoms with Crippen LogP contribution in [-0.4, -0.2) is 59.1 Å². The Labute approximate surface area is 121 Å². The molecule has 1 rings (SSSR count). The summed E-state index contributed by atoms with van der Waals surface area (Å²) in [6, 6.07) is 0. The Bertz CT molecular complexity index is 421. The van der Waals surface area contributed by atoms with Crippen molar-refractivity contribution in [1.29, 1.82) is 0 Å². The molecule has 120 valence electrons. The van der Waals surface area contributed by atoms with Gasteiger partial charge in [-0.25, -0.2) is 0 Å². The molecule has 0 aromatic carbocycles. The van der Waals surface area contributed by atoms with E-state index in [2.05, 4.69) is 0 Å². The van der Waals surface area contributed by atoms with Crippen LogP contribution in [0.25, 0.3) is 0 Å². The SMILES string of the molecule is CCN(C(=O)CN(CC(=O)O)CC(F)(F)F)C1=CCCC1. The van der Waals surface area contributed by atoms with Crippen LogP contribution >= 0.6 is 0 Å². The van der Waals surface area contributed by atoms with Gasteiger partial charge >= 0.3 is 12.1 Å². The number of likely N-dealkylation sites (N-methyl/N-ethyl adjacent to an activating group) is 1. The fraction of sp³-hybridized carbons (Fsp3) is 0.692. The van der Waals surface area contributed by atoms with Crippen molar-refractivity contribution in [3.8, 4) is 0 Å². The second kappa shape index (κ2) is 7.44. The second-order valence-electron chi connectivity index (χ2n) is 4.88. The number of halogens is 3. The first-order chi connectivity index (χ1) is 9.73. The summed E-state index contributed by atoms with van der Waals surface area (Å²) in [6.45, 7) is -0.694. The molecule has 21 heavy (non-hydrogen) atoms. The molecule has 1 N–H and O–H groups in total. The van der Waals surface area contributed by atoms with Crippen LogP contribution in [0.2, 0.25) is 0 Å². The summed E-state index contributed by atoms with van der Waals surface area (Å²) in [5.41, 5.74) is 0.810. The summed E-state index contributed by atoms with van der Waals surface area (Å²) in [6.07, 6.45) is -0.162. The Hall–Kier alpha value is -1.57. The fourth-order valence-corrected chi connectivity index (χ4v) is 2.33. The molecule has 0 saturated carbocycles. The third-order valence-corrected chi connectivity index (χ3v) is 3.10. The molecule has 0 aromatic rings. The number of nitrogens with zero attached hydrogens (tertiary/aromatic N) is 2. The maximum Gasteiger partial charge on any atom is 0.401 e. The minimum absolute atomic E-state index is 0.359. The number of carbonyl (C=O) groups is 2. The molecular weight excluding hydrogens is 289 g/mol. The molecule has 0 heterocycles. The van der Waals surface area contributed by atoms with Crippen molar-refractivity contribution < 1.29 is 27.9 Å². The van der Waals surface area contributed by atoms with Gasteiger partial charge < -0.3 is 10.0 Å². The van der Waals surface area contributed by atoms with E-state index in [-0.39, 0.29) is 0 Å². The lowest BCUT2D eigenvalue weighted by molar-refractivity contribution is -0.156. The van der Waals surface area contributed by atoms with Gasteiger partial charge in [-0.15, -0.1) is 0 Å². The number of carboxylic acids is 1. The molecule has 0 aliphatic heterocycles. The van der Waals surface area contributed by atoms with E-state index in [4.69, 9.17) is 5.11 Å². The van der Waals surface area contributed by atoms with Crippen LogP contribution in [0, 0.1) is 0 Å². The van der Waals surface area contributed by atoms with Crippen molar-refractivity contribution in [2.45, 2.75) is 32.4 Å². The molecule has 0 atom stereocenters. The van der Waals surface area contributed by atoms with Gasteiger partial charge in [0.1, 0.15) is 0 Å². The van der Waals surface area contributed by atoms with Crippen molar-refractivity contribution in [2.24, 2.45) is 0 Å². The Morgan fingerprint density at radius 1 is 1.33 bits per heavy atom. The monoisotopic (exact) mass is 308 g/mol. The summed E-state index contributed by atoms with van der Waals surface area (Å²) in [5.74, 6) is -1.90. The molecule has 1 amide bonds. The molecule has 1 aliphatic carbocycles. The quantitative estimate of drug-likeness (QED) is 0.780. The lowest BCUT2D eigenvalue weighted by atomic mass is 10.3. The third-order valence-electron chi connectivity index (χ3n) is 3.10. The Balaban J connectivity index is 2.71. The number of carbonyl (C=O) groups excluding carboxylic acids is 1. The van der Waals surface area contributed by atoms with Gasteiger partial charge in [0, 0.05) is 12.2 Å². The smallest absolute Gasteiger partial charge is 0.401 e. The first-order valence-electron chi connectivity index (χ1n) is 6.73. The van der Waals surface area contributed by atoms with E-state index in [0.717, 1.165) is 25.0 Å². The first-order valence-corrected chi connectivity index (χ1v) is 6.73. The minimum atomic E-state index is -4.54. The van der Waals surface area contributed by atoms with Gasteiger partial charge in [0.25, 0.3) is 0 Å². The Kier molecular flexibility index (Phi) is 6.19. The largest absolute Gasteiger partial charge is 0.480 e.